The van der Waals surface area contributed by atoms with Crippen molar-refractivity contribution >= 4 is 11.6 Å². The summed E-state index contributed by atoms with van der Waals surface area (Å²) in [6.45, 7) is 2.25. The first-order valence-electron chi connectivity index (χ1n) is 13.1. The van der Waals surface area contributed by atoms with Crippen LogP contribution in [0, 0.1) is 17.6 Å². The first-order valence-corrected chi connectivity index (χ1v) is 13.1. The van der Waals surface area contributed by atoms with Crippen LogP contribution < -0.4 is 5.56 Å². The smallest absolute Gasteiger partial charge is 0.251 e. The Kier molecular flexibility index (Phi) is 7.00. The van der Waals surface area contributed by atoms with Crippen molar-refractivity contribution < 1.29 is 23.4 Å². The van der Waals surface area contributed by atoms with E-state index in [1.165, 1.54) is 18.3 Å². The average Bonchev–Trinajstić information content (AvgIpc) is 3.36. The Bertz CT molecular complexity index is 1630. The first kappa shape index (κ1) is 26.0. The molecular weight excluding hydrogens is 516 g/mol. The zero-order valence-electron chi connectivity index (χ0n) is 21.7. The number of halogens is 2. The van der Waals surface area contributed by atoms with Crippen molar-refractivity contribution in [2.24, 2.45) is 10.9 Å². The number of nitrogens with one attached hydrogen (secondary N) is 1. The van der Waals surface area contributed by atoms with Crippen LogP contribution in [-0.2, 0) is 15.9 Å². The highest BCUT2D eigenvalue weighted by Crippen LogP contribution is 2.39. The Labute approximate surface area is 229 Å². The molecule has 0 unspecified atom stereocenters. The highest BCUT2D eigenvalue weighted by atomic mass is 19.1. The first-order chi connectivity index (χ1) is 19.4. The van der Waals surface area contributed by atoms with Gasteiger partial charge in [-0.1, -0.05) is 55.5 Å². The number of benzene rings is 3. The zero-order valence-corrected chi connectivity index (χ0v) is 21.7. The number of H-pyrrole nitrogens is 1. The van der Waals surface area contributed by atoms with Crippen molar-refractivity contribution in [3.05, 3.63) is 94.4 Å². The van der Waals surface area contributed by atoms with Crippen LogP contribution in [0.25, 0.3) is 33.6 Å². The third-order valence-corrected chi connectivity index (χ3v) is 7.43. The van der Waals surface area contributed by atoms with Crippen molar-refractivity contribution in [1.29, 1.82) is 0 Å². The van der Waals surface area contributed by atoms with Gasteiger partial charge in [0, 0.05) is 17.8 Å². The lowest BCUT2D eigenvalue weighted by molar-refractivity contribution is -0.0978. The Balaban J connectivity index is 1.21. The van der Waals surface area contributed by atoms with Crippen molar-refractivity contribution in [2.75, 3.05) is 13.2 Å². The maximum Gasteiger partial charge on any atom is 0.251 e. The van der Waals surface area contributed by atoms with E-state index >= 15 is 8.78 Å². The van der Waals surface area contributed by atoms with E-state index in [4.69, 9.17) is 9.47 Å². The summed E-state index contributed by atoms with van der Waals surface area (Å²) in [5.74, 6) is -0.452. The number of hydrogen-bond donors (Lipinski definition) is 2. The van der Waals surface area contributed by atoms with Gasteiger partial charge in [-0.2, -0.15) is 0 Å². The lowest BCUT2D eigenvalue weighted by atomic mass is 9.95. The van der Waals surface area contributed by atoms with Gasteiger partial charge in [0.15, 0.2) is 11.7 Å². The van der Waals surface area contributed by atoms with Crippen LogP contribution in [0.2, 0.25) is 0 Å². The standard InChI is InChI=1S/C31H27F2N3O4/c1-17-12-23(16-39-25(17)15-37)40-27-14-22-13-24(32)28(29(33)30(22)36-27)20-6-2-18(3-7-20)19-4-8-21(9-5-19)31-34-11-10-26(38)35-31/h2-11,13,17,23,25,37H,12,14-16H2,1H3,(H,34,35,38)/t17-,23+,25+/m0/s1. The van der Waals surface area contributed by atoms with E-state index in [0.29, 0.717) is 35.9 Å². The fraction of sp³-hybridized carbons (Fsp3) is 0.258. The second-order valence-electron chi connectivity index (χ2n) is 10.2. The minimum absolute atomic E-state index is 0.0458. The summed E-state index contributed by atoms with van der Waals surface area (Å²) in [4.78, 5) is 22.8. The SMILES string of the molecule is C[C@H]1C[C@@H](OC2=Nc3c(cc(F)c(-c4ccc(-c5ccc(-c6nccc(=O)[nH]6)cc5)cc4)c3F)C2)CO[C@@H]1CO. The summed E-state index contributed by atoms with van der Waals surface area (Å²) >= 11 is 0. The molecule has 0 amide bonds. The molecule has 2 N–H and O–H groups in total. The van der Waals surface area contributed by atoms with Gasteiger partial charge in [0.1, 0.15) is 23.4 Å². The summed E-state index contributed by atoms with van der Waals surface area (Å²) in [7, 11) is 0. The number of aromatic nitrogens is 2. The number of aliphatic hydroxyl groups is 1. The molecular formula is C31H27F2N3O4. The van der Waals surface area contributed by atoms with E-state index in [1.807, 2.05) is 31.2 Å². The van der Waals surface area contributed by atoms with Gasteiger partial charge < -0.3 is 19.6 Å². The van der Waals surface area contributed by atoms with Crippen molar-refractivity contribution in [2.45, 2.75) is 32.0 Å². The molecule has 2 aliphatic rings. The van der Waals surface area contributed by atoms with E-state index < -0.39 is 11.6 Å². The molecule has 0 saturated carbocycles. The highest BCUT2D eigenvalue weighted by Gasteiger charge is 2.32. The number of aliphatic hydroxyl groups excluding tert-OH is 1. The third-order valence-electron chi connectivity index (χ3n) is 7.43. The molecule has 9 heteroatoms. The van der Waals surface area contributed by atoms with Gasteiger partial charge in [-0.25, -0.2) is 18.8 Å². The van der Waals surface area contributed by atoms with Gasteiger partial charge >= 0.3 is 0 Å². The van der Waals surface area contributed by atoms with E-state index in [9.17, 15) is 9.90 Å². The van der Waals surface area contributed by atoms with Gasteiger partial charge in [-0.05, 0) is 40.7 Å². The van der Waals surface area contributed by atoms with Crippen LogP contribution in [0.1, 0.15) is 18.9 Å². The van der Waals surface area contributed by atoms with Crippen LogP contribution in [-0.4, -0.2) is 46.4 Å². The number of rotatable bonds is 5. The maximum atomic E-state index is 15.6. The average molecular weight is 544 g/mol. The van der Waals surface area contributed by atoms with Crippen LogP contribution in [0.4, 0.5) is 14.5 Å². The molecule has 7 nitrogen and oxygen atoms in total. The summed E-state index contributed by atoms with van der Waals surface area (Å²) < 4.78 is 42.4. The predicted molar refractivity (Wildman–Crippen MR) is 147 cm³/mol. The third kappa shape index (κ3) is 5.05. The van der Waals surface area contributed by atoms with Crippen LogP contribution in [0.15, 0.2) is 76.6 Å². The number of ether oxygens (including phenoxy) is 2. The van der Waals surface area contributed by atoms with Gasteiger partial charge in [-0.15, -0.1) is 0 Å². The molecule has 0 spiro atoms. The van der Waals surface area contributed by atoms with Crippen molar-refractivity contribution in [3.63, 3.8) is 0 Å². The molecule has 6 rings (SSSR count). The van der Waals surface area contributed by atoms with E-state index in [0.717, 1.165) is 16.7 Å². The predicted octanol–water partition coefficient (Wildman–Crippen LogP) is 5.44. The molecule has 3 heterocycles. The Morgan fingerprint density at radius 1 is 1.02 bits per heavy atom. The number of aliphatic imine (C=N–C) groups is 1. The molecule has 1 aromatic heterocycles. The van der Waals surface area contributed by atoms with Crippen LogP contribution >= 0.6 is 0 Å². The minimum atomic E-state index is -0.719. The monoisotopic (exact) mass is 543 g/mol. The van der Waals surface area contributed by atoms with Gasteiger partial charge in [0.2, 0.25) is 0 Å². The van der Waals surface area contributed by atoms with Gasteiger partial charge in [0.05, 0.1) is 31.3 Å². The Hall–Kier alpha value is -4.21. The molecule has 1 saturated heterocycles. The number of hydrogen-bond acceptors (Lipinski definition) is 6. The molecule has 2 aliphatic heterocycles. The Morgan fingerprint density at radius 3 is 2.35 bits per heavy atom. The summed E-state index contributed by atoms with van der Waals surface area (Å²) in [5.41, 5.74) is 3.12. The second kappa shape index (κ2) is 10.7. The molecule has 4 aromatic rings. The van der Waals surface area contributed by atoms with Crippen LogP contribution in [0.3, 0.4) is 0 Å². The molecule has 0 radical (unpaired) electrons. The zero-order chi connectivity index (χ0) is 27.8. The fourth-order valence-corrected chi connectivity index (χ4v) is 5.28. The summed E-state index contributed by atoms with van der Waals surface area (Å²) in [5, 5.41) is 9.38. The van der Waals surface area contributed by atoms with Crippen molar-refractivity contribution in [1.82, 2.24) is 9.97 Å². The molecule has 1 fully saturated rings. The van der Waals surface area contributed by atoms with E-state index in [2.05, 4.69) is 15.0 Å². The fourth-order valence-electron chi connectivity index (χ4n) is 5.28. The molecule has 40 heavy (non-hydrogen) atoms. The normalized spacial score (nSPS) is 20.2. The second-order valence-corrected chi connectivity index (χ2v) is 10.2. The molecule has 204 valence electrons. The number of aromatic amines is 1. The van der Waals surface area contributed by atoms with E-state index in [1.54, 1.807) is 24.3 Å². The summed E-state index contributed by atoms with van der Waals surface area (Å²) in [6.07, 6.45) is 1.86. The topological polar surface area (TPSA) is 96.8 Å². The van der Waals surface area contributed by atoms with Crippen LogP contribution in [0.5, 0.6) is 0 Å². The highest BCUT2D eigenvalue weighted by molar-refractivity contribution is 5.90. The molecule has 3 aromatic carbocycles. The lowest BCUT2D eigenvalue weighted by Gasteiger charge is -2.33. The lowest BCUT2D eigenvalue weighted by Crippen LogP contribution is -2.40. The molecule has 3 atom stereocenters. The van der Waals surface area contributed by atoms with E-state index in [-0.39, 0.29) is 48.0 Å². The molecule has 0 bridgehead atoms. The summed E-state index contributed by atoms with van der Waals surface area (Å²) in [6, 6.07) is 17.1. The largest absolute Gasteiger partial charge is 0.475 e. The van der Waals surface area contributed by atoms with Gasteiger partial charge in [0.25, 0.3) is 5.56 Å². The number of fused-ring (bicyclic) bond motifs is 1. The Morgan fingerprint density at radius 2 is 1.70 bits per heavy atom. The maximum absolute atomic E-state index is 15.6. The molecule has 0 aliphatic carbocycles. The van der Waals surface area contributed by atoms with Gasteiger partial charge in [-0.3, -0.25) is 4.79 Å². The minimum Gasteiger partial charge on any atom is -0.475 e. The quantitative estimate of drug-likeness (QED) is 0.350. The number of nitrogens with zero attached hydrogens (tertiary/aromatic N) is 2. The van der Waals surface area contributed by atoms with Crippen molar-refractivity contribution in [3.8, 4) is 33.6 Å².